The fourth-order valence-electron chi connectivity index (χ4n) is 0.0747. The van der Waals surface area contributed by atoms with Gasteiger partial charge in [0.05, 0.1) is 11.8 Å². The topological polar surface area (TPSA) is 74.6 Å². The van der Waals surface area contributed by atoms with E-state index in [-0.39, 0.29) is 11.8 Å². The lowest BCUT2D eigenvalue weighted by Gasteiger charge is -1.78. The summed E-state index contributed by atoms with van der Waals surface area (Å²) in [7, 11) is 0. The number of hydrogen-bond donors (Lipinski definition) is 2. The second-order valence-corrected chi connectivity index (χ2v) is 1.54. The van der Waals surface area contributed by atoms with Crippen LogP contribution >= 0.6 is 11.8 Å². The molecule has 0 unspecified atom stereocenters. The van der Waals surface area contributed by atoms with Crippen LogP contribution in [0.2, 0.25) is 0 Å². The zero-order chi connectivity index (χ0) is 5.86. The van der Waals surface area contributed by atoms with E-state index in [0.29, 0.717) is 0 Å². The van der Waals surface area contributed by atoms with Crippen molar-refractivity contribution in [2.75, 3.05) is 0 Å². The molecule has 0 atom stereocenters. The van der Waals surface area contributed by atoms with Crippen molar-refractivity contribution in [2.24, 2.45) is 0 Å². The molecule has 0 fully saturated rings. The van der Waals surface area contributed by atoms with Gasteiger partial charge < -0.3 is 10.2 Å². The van der Waals surface area contributed by atoms with Gasteiger partial charge >= 0.3 is 10.6 Å². The maximum atomic E-state index is 9.39. The Balaban J connectivity index is 3.32. The molecule has 0 spiro atoms. The van der Waals surface area contributed by atoms with Crippen molar-refractivity contribution in [2.45, 2.75) is 0 Å². The predicted molar refractivity (Wildman–Crippen MR) is 23.6 cm³/mol. The van der Waals surface area contributed by atoms with Gasteiger partial charge in [-0.3, -0.25) is 0 Å². The summed E-state index contributed by atoms with van der Waals surface area (Å²) >= 11 is -0.157. The van der Waals surface area contributed by atoms with Crippen LogP contribution in [0.3, 0.4) is 0 Å². The summed E-state index contributed by atoms with van der Waals surface area (Å²) in [6.07, 6.45) is 0. The molecule has 0 aromatic heterocycles. The van der Waals surface area contributed by atoms with Crippen LogP contribution in [0.1, 0.15) is 0 Å². The third kappa shape index (κ3) is 5.29. The average molecular weight is 122 g/mol. The van der Waals surface area contributed by atoms with E-state index in [1.54, 1.807) is 0 Å². The quantitative estimate of drug-likeness (QED) is 0.502. The van der Waals surface area contributed by atoms with Gasteiger partial charge in [0.15, 0.2) is 0 Å². The van der Waals surface area contributed by atoms with Crippen LogP contribution in [-0.4, -0.2) is 20.8 Å². The molecule has 5 heteroatoms. The summed E-state index contributed by atoms with van der Waals surface area (Å²) in [5, 5.41) is 12.5. The second-order valence-electron chi connectivity index (χ2n) is 0.634. The molecule has 0 aromatic carbocycles. The van der Waals surface area contributed by atoms with Gasteiger partial charge in [0.2, 0.25) is 0 Å². The van der Waals surface area contributed by atoms with Crippen LogP contribution in [0.15, 0.2) is 0 Å². The highest BCUT2D eigenvalue weighted by molar-refractivity contribution is 8.25. The van der Waals surface area contributed by atoms with Crippen molar-refractivity contribution >= 4 is 22.4 Å². The average Bonchev–Trinajstić information content (AvgIpc) is 1.27. The van der Waals surface area contributed by atoms with Crippen molar-refractivity contribution in [3.8, 4) is 0 Å². The van der Waals surface area contributed by atoms with Gasteiger partial charge in [0, 0.05) is 0 Å². The molecular formula is C2H2O4S. The van der Waals surface area contributed by atoms with E-state index in [9.17, 15) is 9.59 Å². The Morgan fingerprint density at radius 1 is 1.14 bits per heavy atom. The molecular weight excluding hydrogens is 120 g/mol. The van der Waals surface area contributed by atoms with E-state index in [1.807, 2.05) is 0 Å². The number of carbonyl (C=O) groups is 2. The monoisotopic (exact) mass is 122 g/mol. The minimum Gasteiger partial charge on any atom is -0.473 e. The molecule has 0 aliphatic rings. The van der Waals surface area contributed by atoms with Gasteiger partial charge in [-0.15, -0.1) is 0 Å². The number of thioether (sulfide) groups is 1. The first kappa shape index (κ1) is 6.29. The molecule has 40 valence electrons. The van der Waals surface area contributed by atoms with E-state index in [2.05, 4.69) is 0 Å². The standard InChI is InChI=1S/C2H2O4S/c3-1(4)7-2(5)6/h(H,3,4)(H,5,6). The lowest BCUT2D eigenvalue weighted by molar-refractivity contribution is 0.217. The zero-order valence-corrected chi connectivity index (χ0v) is 3.94. The molecule has 0 aliphatic carbocycles. The molecule has 0 rings (SSSR count). The van der Waals surface area contributed by atoms with E-state index >= 15 is 0 Å². The Bertz CT molecular complexity index is 85.9. The fourth-order valence-corrected chi connectivity index (χ4v) is 0.224. The highest BCUT2D eigenvalue weighted by Crippen LogP contribution is 1.99. The van der Waals surface area contributed by atoms with Gasteiger partial charge in [-0.1, -0.05) is 0 Å². The molecule has 7 heavy (non-hydrogen) atoms. The van der Waals surface area contributed by atoms with E-state index in [0.717, 1.165) is 0 Å². The Morgan fingerprint density at radius 2 is 1.43 bits per heavy atom. The Morgan fingerprint density at radius 3 is 1.43 bits per heavy atom. The first-order chi connectivity index (χ1) is 3.13. The minimum absolute atomic E-state index is 0.157. The number of rotatable bonds is 0. The summed E-state index contributed by atoms with van der Waals surface area (Å²) in [5.74, 6) is 0. The summed E-state index contributed by atoms with van der Waals surface area (Å²) in [5.41, 5.74) is 0. The molecule has 0 saturated carbocycles. The van der Waals surface area contributed by atoms with Crippen molar-refractivity contribution in [3.63, 3.8) is 0 Å². The third-order valence-corrected chi connectivity index (χ3v) is 0.524. The lowest BCUT2D eigenvalue weighted by Crippen LogP contribution is -1.90. The molecule has 0 saturated heterocycles. The maximum Gasteiger partial charge on any atom is 0.376 e. The molecule has 0 radical (unpaired) electrons. The van der Waals surface area contributed by atoms with Crippen LogP contribution < -0.4 is 0 Å². The van der Waals surface area contributed by atoms with Crippen LogP contribution in [-0.2, 0) is 0 Å². The summed E-state index contributed by atoms with van der Waals surface area (Å²) in [6, 6.07) is 0. The number of hydrogen-bond acceptors (Lipinski definition) is 3. The highest BCUT2D eigenvalue weighted by Gasteiger charge is 2.03. The van der Waals surface area contributed by atoms with E-state index in [1.165, 1.54) is 0 Å². The number of carboxylic acid groups (broad SMARTS) is 2. The SMILES string of the molecule is O=C(O)SC(=O)O. The molecule has 2 N–H and O–H groups in total. The van der Waals surface area contributed by atoms with Gasteiger partial charge in [-0.2, -0.15) is 0 Å². The smallest absolute Gasteiger partial charge is 0.376 e. The minimum atomic E-state index is -1.40. The van der Waals surface area contributed by atoms with Crippen molar-refractivity contribution in [3.05, 3.63) is 0 Å². The van der Waals surface area contributed by atoms with Crippen LogP contribution in [0.25, 0.3) is 0 Å². The van der Waals surface area contributed by atoms with E-state index in [4.69, 9.17) is 10.2 Å². The van der Waals surface area contributed by atoms with Crippen molar-refractivity contribution < 1.29 is 19.8 Å². The van der Waals surface area contributed by atoms with Crippen LogP contribution in [0.4, 0.5) is 9.59 Å². The van der Waals surface area contributed by atoms with Gasteiger partial charge in [0.25, 0.3) is 0 Å². The van der Waals surface area contributed by atoms with Gasteiger partial charge in [0.1, 0.15) is 0 Å². The maximum absolute atomic E-state index is 9.39. The largest absolute Gasteiger partial charge is 0.473 e. The van der Waals surface area contributed by atoms with E-state index < -0.39 is 10.6 Å². The van der Waals surface area contributed by atoms with Gasteiger partial charge in [-0.25, -0.2) is 9.59 Å². The highest BCUT2D eigenvalue weighted by atomic mass is 32.2. The van der Waals surface area contributed by atoms with Crippen molar-refractivity contribution in [1.82, 2.24) is 0 Å². The third-order valence-electron chi connectivity index (χ3n) is 0.175. The Hall–Kier alpha value is -0.710. The zero-order valence-electron chi connectivity index (χ0n) is 3.12. The summed E-state index contributed by atoms with van der Waals surface area (Å²) in [4.78, 5) is 18.8. The molecule has 0 amide bonds. The first-order valence-corrected chi connectivity index (χ1v) is 2.08. The molecule has 0 aliphatic heterocycles. The van der Waals surface area contributed by atoms with Gasteiger partial charge in [-0.05, 0) is 0 Å². The summed E-state index contributed by atoms with van der Waals surface area (Å²) < 4.78 is 0. The van der Waals surface area contributed by atoms with Crippen LogP contribution in [0.5, 0.6) is 0 Å². The molecule has 0 bridgehead atoms. The first-order valence-electron chi connectivity index (χ1n) is 1.26. The van der Waals surface area contributed by atoms with Crippen molar-refractivity contribution in [1.29, 1.82) is 0 Å². The molecule has 4 nitrogen and oxygen atoms in total. The Labute approximate surface area is 43.1 Å². The Kier molecular flexibility index (Phi) is 2.21. The normalized spacial score (nSPS) is 8.00. The fraction of sp³-hybridized carbons (Fsp3) is 0. The molecule has 0 heterocycles. The molecule has 0 aromatic rings. The lowest BCUT2D eigenvalue weighted by atomic mass is 11.6. The summed E-state index contributed by atoms with van der Waals surface area (Å²) in [6.45, 7) is 0. The predicted octanol–water partition coefficient (Wildman–Crippen LogP) is 1.08. The van der Waals surface area contributed by atoms with Crippen LogP contribution in [0, 0.1) is 0 Å². The second kappa shape index (κ2) is 2.46.